The Morgan fingerprint density at radius 2 is 1.73 bits per heavy atom. The van der Waals surface area contributed by atoms with Crippen LogP contribution in [0.15, 0.2) is 48.5 Å². The highest BCUT2D eigenvalue weighted by Gasteiger charge is 2.20. The molecule has 0 aromatic heterocycles. The Bertz CT molecular complexity index is 785. The van der Waals surface area contributed by atoms with E-state index in [1.54, 1.807) is 6.92 Å². The van der Waals surface area contributed by atoms with Gasteiger partial charge < -0.3 is 10.1 Å². The summed E-state index contributed by atoms with van der Waals surface area (Å²) < 4.78 is 4.98. The van der Waals surface area contributed by atoms with Crippen molar-refractivity contribution in [3.05, 3.63) is 75.3 Å². The highest BCUT2D eigenvalue weighted by Crippen LogP contribution is 2.20. The molecule has 0 aliphatic rings. The Labute approximate surface area is 151 Å². The fraction of sp³-hybridized carbons (Fsp3) is 0.263. The van der Waals surface area contributed by atoms with Crippen molar-refractivity contribution in [2.24, 2.45) is 0 Å². The second kappa shape index (κ2) is 8.75. The van der Waals surface area contributed by atoms with Gasteiger partial charge in [0.1, 0.15) is 0 Å². The molecule has 0 bridgehead atoms. The van der Waals surface area contributed by atoms with Gasteiger partial charge in [0.15, 0.2) is 0 Å². The molecule has 2 aromatic carbocycles. The summed E-state index contributed by atoms with van der Waals surface area (Å²) in [7, 11) is 0. The van der Waals surface area contributed by atoms with Gasteiger partial charge in [-0.25, -0.2) is 0 Å². The molecule has 26 heavy (non-hydrogen) atoms. The number of carbonyl (C=O) groups excluding carboxylic acids is 2. The molecule has 1 N–H and O–H groups in total. The van der Waals surface area contributed by atoms with Gasteiger partial charge in [-0.2, -0.15) is 0 Å². The van der Waals surface area contributed by atoms with E-state index in [1.807, 2.05) is 31.2 Å². The summed E-state index contributed by atoms with van der Waals surface area (Å²) in [6.45, 7) is 3.92. The zero-order valence-corrected chi connectivity index (χ0v) is 14.6. The summed E-state index contributed by atoms with van der Waals surface area (Å²) >= 11 is 0. The predicted octanol–water partition coefficient (Wildman–Crippen LogP) is 3.33. The van der Waals surface area contributed by atoms with Crippen LogP contribution in [0.2, 0.25) is 0 Å². The van der Waals surface area contributed by atoms with Crippen molar-refractivity contribution in [1.82, 2.24) is 5.32 Å². The lowest BCUT2D eigenvalue weighted by molar-refractivity contribution is -0.384. The molecule has 2 rings (SSSR count). The fourth-order valence-electron chi connectivity index (χ4n) is 2.41. The van der Waals surface area contributed by atoms with E-state index in [2.05, 4.69) is 5.32 Å². The number of hydrogen-bond donors (Lipinski definition) is 1. The van der Waals surface area contributed by atoms with Crippen LogP contribution in [0.25, 0.3) is 0 Å². The molecule has 0 unspecified atom stereocenters. The number of benzene rings is 2. The topological polar surface area (TPSA) is 98.5 Å². The van der Waals surface area contributed by atoms with Crippen molar-refractivity contribution in [2.75, 3.05) is 6.61 Å². The molecule has 0 aliphatic carbocycles. The van der Waals surface area contributed by atoms with E-state index < -0.39 is 22.8 Å². The van der Waals surface area contributed by atoms with E-state index in [9.17, 15) is 19.7 Å². The molecule has 0 aliphatic heterocycles. The number of esters is 1. The first kappa shape index (κ1) is 19.1. The number of non-ortho nitro benzene ring substituents is 1. The number of ether oxygens (including phenoxy) is 1. The summed E-state index contributed by atoms with van der Waals surface area (Å²) in [5.41, 5.74) is 2.02. The van der Waals surface area contributed by atoms with Crippen molar-refractivity contribution < 1.29 is 19.2 Å². The van der Waals surface area contributed by atoms with Crippen molar-refractivity contribution in [1.29, 1.82) is 0 Å². The van der Waals surface area contributed by atoms with Crippen LogP contribution in [0.3, 0.4) is 0 Å². The van der Waals surface area contributed by atoms with Gasteiger partial charge in [-0.1, -0.05) is 29.8 Å². The number of nitrogens with one attached hydrogen (secondary N) is 1. The average molecular weight is 356 g/mol. The SMILES string of the molecule is CCOC(=O)C[C@H](NC(=O)c1ccc([N+](=O)[O-])cc1)c1ccc(C)cc1. The van der Waals surface area contributed by atoms with E-state index in [4.69, 9.17) is 4.74 Å². The van der Waals surface area contributed by atoms with Gasteiger partial charge >= 0.3 is 5.97 Å². The zero-order valence-electron chi connectivity index (χ0n) is 14.6. The molecule has 0 radical (unpaired) electrons. The molecule has 0 heterocycles. The third-order valence-electron chi connectivity index (χ3n) is 3.80. The van der Waals surface area contributed by atoms with Crippen LogP contribution in [0.4, 0.5) is 5.69 Å². The molecule has 7 heteroatoms. The van der Waals surface area contributed by atoms with Crippen molar-refractivity contribution in [3.63, 3.8) is 0 Å². The van der Waals surface area contributed by atoms with Crippen molar-refractivity contribution >= 4 is 17.6 Å². The Hall–Kier alpha value is -3.22. The molecule has 0 fully saturated rings. The maximum atomic E-state index is 12.5. The summed E-state index contributed by atoms with van der Waals surface area (Å²) in [4.78, 5) is 34.5. The number of rotatable bonds is 7. The molecule has 0 saturated heterocycles. The monoisotopic (exact) mass is 356 g/mol. The number of amides is 1. The smallest absolute Gasteiger partial charge is 0.308 e. The van der Waals surface area contributed by atoms with Crippen LogP contribution in [0, 0.1) is 17.0 Å². The summed E-state index contributed by atoms with van der Waals surface area (Å²) in [5.74, 6) is -0.836. The number of nitrogens with zero attached hydrogens (tertiary/aromatic N) is 1. The summed E-state index contributed by atoms with van der Waals surface area (Å²) in [6.07, 6.45) is -0.00434. The Balaban J connectivity index is 2.18. The van der Waals surface area contributed by atoms with Crippen LogP contribution in [-0.4, -0.2) is 23.4 Å². The lowest BCUT2D eigenvalue weighted by atomic mass is 10.0. The van der Waals surface area contributed by atoms with Gasteiger partial charge in [0.25, 0.3) is 11.6 Å². The minimum absolute atomic E-state index is 0.00434. The van der Waals surface area contributed by atoms with Crippen molar-refractivity contribution in [3.8, 4) is 0 Å². The van der Waals surface area contributed by atoms with Gasteiger partial charge in [0.2, 0.25) is 0 Å². The molecule has 0 spiro atoms. The number of aryl methyl sites for hydroxylation is 1. The molecule has 7 nitrogen and oxygen atoms in total. The van der Waals surface area contributed by atoms with Crippen LogP contribution >= 0.6 is 0 Å². The Morgan fingerprint density at radius 3 is 2.27 bits per heavy atom. The third kappa shape index (κ3) is 5.14. The molecule has 1 atom stereocenters. The highest BCUT2D eigenvalue weighted by atomic mass is 16.6. The number of hydrogen-bond acceptors (Lipinski definition) is 5. The number of nitro benzene ring substituents is 1. The van der Waals surface area contributed by atoms with E-state index in [0.717, 1.165) is 11.1 Å². The van der Waals surface area contributed by atoms with Crippen LogP contribution in [0.5, 0.6) is 0 Å². The Morgan fingerprint density at radius 1 is 1.12 bits per heavy atom. The van der Waals surface area contributed by atoms with Crippen LogP contribution in [-0.2, 0) is 9.53 Å². The fourth-order valence-corrected chi connectivity index (χ4v) is 2.41. The first-order valence-electron chi connectivity index (χ1n) is 8.18. The summed E-state index contributed by atoms with van der Waals surface area (Å²) in [6, 6.07) is 12.2. The molecule has 0 saturated carbocycles. The van der Waals surface area contributed by atoms with Gasteiger partial charge in [0.05, 0.1) is 24.0 Å². The van der Waals surface area contributed by atoms with E-state index in [0.29, 0.717) is 0 Å². The van der Waals surface area contributed by atoms with E-state index in [1.165, 1.54) is 24.3 Å². The molecule has 1 amide bonds. The first-order chi connectivity index (χ1) is 12.4. The third-order valence-corrected chi connectivity index (χ3v) is 3.80. The zero-order chi connectivity index (χ0) is 19.1. The summed E-state index contributed by atoms with van der Waals surface area (Å²) in [5, 5.41) is 13.5. The predicted molar refractivity (Wildman–Crippen MR) is 95.7 cm³/mol. The van der Waals surface area contributed by atoms with Gasteiger partial charge in [-0.05, 0) is 31.5 Å². The Kier molecular flexibility index (Phi) is 6.43. The first-order valence-corrected chi connectivity index (χ1v) is 8.18. The standard InChI is InChI=1S/C19H20N2O5/c1-3-26-18(22)12-17(14-6-4-13(2)5-7-14)20-19(23)15-8-10-16(11-9-15)21(24)25/h4-11,17H,3,12H2,1-2H3,(H,20,23)/t17-/m0/s1. The minimum Gasteiger partial charge on any atom is -0.466 e. The van der Waals surface area contributed by atoms with Gasteiger partial charge in [-0.15, -0.1) is 0 Å². The maximum Gasteiger partial charge on any atom is 0.308 e. The lowest BCUT2D eigenvalue weighted by Crippen LogP contribution is -2.30. The van der Waals surface area contributed by atoms with Gasteiger partial charge in [0, 0.05) is 17.7 Å². The number of nitro groups is 1. The maximum absolute atomic E-state index is 12.5. The number of carbonyl (C=O) groups is 2. The van der Waals surface area contributed by atoms with E-state index in [-0.39, 0.29) is 24.3 Å². The average Bonchev–Trinajstić information content (AvgIpc) is 2.62. The molecular formula is C19H20N2O5. The van der Waals surface area contributed by atoms with Gasteiger partial charge in [-0.3, -0.25) is 19.7 Å². The molecular weight excluding hydrogens is 336 g/mol. The largest absolute Gasteiger partial charge is 0.466 e. The second-order valence-corrected chi connectivity index (χ2v) is 5.75. The van der Waals surface area contributed by atoms with Crippen LogP contribution in [0.1, 0.15) is 40.9 Å². The minimum atomic E-state index is -0.558. The molecule has 2 aromatic rings. The van der Waals surface area contributed by atoms with Crippen LogP contribution < -0.4 is 5.32 Å². The lowest BCUT2D eigenvalue weighted by Gasteiger charge is -2.19. The normalized spacial score (nSPS) is 11.5. The quantitative estimate of drug-likeness (QED) is 0.466. The molecule has 136 valence electrons. The second-order valence-electron chi connectivity index (χ2n) is 5.75. The van der Waals surface area contributed by atoms with Crippen molar-refractivity contribution in [2.45, 2.75) is 26.3 Å². The highest BCUT2D eigenvalue weighted by molar-refractivity contribution is 5.94. The van der Waals surface area contributed by atoms with E-state index >= 15 is 0 Å².